The maximum atomic E-state index is 10.1. The highest BCUT2D eigenvalue weighted by atomic mass is 127. The van der Waals surface area contributed by atoms with Crippen LogP contribution >= 0.6 is 67.8 Å². The van der Waals surface area contributed by atoms with Crippen LogP contribution in [0.5, 0.6) is 0 Å². The van der Waals surface area contributed by atoms with Crippen molar-refractivity contribution in [2.24, 2.45) is 0 Å². The number of carbonyl (C=O) groups excluding carboxylic acids is 1. The maximum absolute atomic E-state index is 10.1. The van der Waals surface area contributed by atoms with E-state index in [-0.39, 0.29) is 20.8 Å². The third-order valence-electron chi connectivity index (χ3n) is 0.630. The Morgan fingerprint density at radius 3 is 0.815 bits per heavy atom. The number of halogens is 3. The van der Waals surface area contributed by atoms with Gasteiger partial charge in [-0.3, -0.25) is 9.59 Å². The van der Waals surface area contributed by atoms with Crippen molar-refractivity contribution in [3.05, 3.63) is 14.9 Å². The van der Waals surface area contributed by atoms with Crippen LogP contribution in [0.3, 0.4) is 0 Å². The van der Waals surface area contributed by atoms with E-state index in [9.17, 15) is 4.79 Å². The smallest absolute Gasteiger partial charge is 0.300 e. The highest BCUT2D eigenvalue weighted by Crippen LogP contribution is 1.69. The number of alkyl halides is 3. The van der Waals surface area contributed by atoms with Crippen LogP contribution in [0.4, 0.5) is 0 Å². The molecule has 0 aliphatic rings. The van der Waals surface area contributed by atoms with Crippen LogP contribution in [0.15, 0.2) is 0 Å². The second-order valence-corrected chi connectivity index (χ2v) is 3.25. The fourth-order valence-electron chi connectivity index (χ4n) is 0. The molecule has 0 aliphatic heterocycles. The van der Waals surface area contributed by atoms with Gasteiger partial charge < -0.3 is 39.7 Å². The summed E-state index contributed by atoms with van der Waals surface area (Å²) in [4.78, 5) is 26.5. The van der Waals surface area contributed by atoms with E-state index in [1.165, 1.54) is 11.8 Å². The number of carboxylic acids is 1. The third kappa shape index (κ3) is 673. The van der Waals surface area contributed by atoms with E-state index in [1.807, 2.05) is 28.9 Å². The molecule has 7 nitrogen and oxygen atoms in total. The molecule has 0 aromatic heterocycles. The molecular weight excluding hydrogens is 693 g/mol. The van der Waals surface area contributed by atoms with Crippen LogP contribution in [-0.2, 0) is 19.1 Å². The van der Waals surface area contributed by atoms with Crippen LogP contribution in [0, 0.1) is 14.9 Å². The van der Waals surface area contributed by atoms with E-state index in [0.29, 0.717) is 0 Å². The minimum absolute atomic E-state index is 0. The predicted octanol–water partition coefficient (Wildman–Crippen LogP) is 4.60. The van der Waals surface area contributed by atoms with Crippen LogP contribution in [0.25, 0.3) is 0 Å². The number of carboxylic acid groups (broad SMARTS) is 1. The van der Waals surface area contributed by atoms with Gasteiger partial charge in [-0.15, -0.1) is 0 Å². The lowest BCUT2D eigenvalue weighted by Crippen LogP contribution is -2.17. The fraction of sp³-hybridized carbons (Fsp3) is 0.765. The number of rotatable bonds is 0. The Hall–Kier alpha value is 1.01. The van der Waals surface area contributed by atoms with Crippen molar-refractivity contribution in [3.63, 3.8) is 0 Å². The van der Waals surface area contributed by atoms with E-state index in [0.717, 1.165) is 6.92 Å². The van der Waals surface area contributed by atoms with Gasteiger partial charge in [0.05, 0.1) is 0 Å². The first kappa shape index (κ1) is 63.0. The summed E-state index contributed by atoms with van der Waals surface area (Å²) in [7, 11) is 13.7. The molecule has 0 bridgehead atoms. The van der Waals surface area contributed by atoms with Crippen LogP contribution < -0.4 is 5.32 Å². The number of carbonyl (C=O) groups is 2. The van der Waals surface area contributed by atoms with E-state index in [4.69, 9.17) is 9.90 Å². The molecule has 0 rings (SSSR count). The molecule has 0 aromatic rings. The minimum Gasteiger partial charge on any atom is -0.481 e. The van der Waals surface area contributed by atoms with E-state index >= 15 is 0 Å². The summed E-state index contributed by atoms with van der Waals surface area (Å²) < 4.78 is 8.50. The Labute approximate surface area is 212 Å². The molecule has 0 fully saturated rings. The number of hydrogen-bond donors (Lipinski definition) is 2. The van der Waals surface area contributed by atoms with Crippen molar-refractivity contribution >= 4 is 79.6 Å². The van der Waals surface area contributed by atoms with Crippen molar-refractivity contribution < 1.29 is 24.2 Å². The molecule has 10 heteroatoms. The molecule has 0 aromatic carbocycles. The molecule has 0 saturated heterocycles. The summed E-state index contributed by atoms with van der Waals surface area (Å²) in [6.45, 7) is 2.61. The number of amides is 1. The third-order valence-corrected chi connectivity index (χ3v) is 0.630. The van der Waals surface area contributed by atoms with Crippen LogP contribution in [0.2, 0.25) is 0 Å². The summed E-state index contributed by atoms with van der Waals surface area (Å²) in [5.74, 6) is -0.741. The van der Waals surface area contributed by atoms with Gasteiger partial charge in [0.2, 0.25) is 5.91 Å². The van der Waals surface area contributed by atoms with Gasteiger partial charge in [0, 0.05) is 56.4 Å². The van der Waals surface area contributed by atoms with Gasteiger partial charge in [-0.1, -0.05) is 67.8 Å². The summed E-state index contributed by atoms with van der Waals surface area (Å²) in [6, 6.07) is 0. The Balaban J connectivity index is -0.0000000157. The molecule has 2 N–H and O–H groups in total. The van der Waals surface area contributed by atoms with Gasteiger partial charge in [0.1, 0.15) is 0 Å². The number of ether oxygens (including phenoxy) is 2. The first-order valence-corrected chi connectivity index (χ1v) is 13.0. The molecule has 178 valence electrons. The number of hydrogen-bond acceptors (Lipinski definition) is 5. The largest absolute Gasteiger partial charge is 0.481 e. The molecule has 0 unspecified atom stereocenters. The molecule has 27 heavy (non-hydrogen) atoms. The van der Waals surface area contributed by atoms with Gasteiger partial charge in [-0.25, -0.2) is 0 Å². The van der Waals surface area contributed by atoms with Crippen LogP contribution in [0.1, 0.15) is 13.8 Å². The summed E-state index contributed by atoms with van der Waals surface area (Å²) in [6.07, 6.45) is 0. The molecular formula is C17H47I3N2O5-2. The maximum Gasteiger partial charge on any atom is 0.300 e. The van der Waals surface area contributed by atoms with E-state index < -0.39 is 5.97 Å². The molecule has 0 aliphatic carbocycles. The number of nitrogens with zero attached hydrogens (tertiary/aromatic N) is 1. The number of aliphatic carboxylic acids is 1. The minimum atomic E-state index is -0.833. The fourth-order valence-corrected chi connectivity index (χ4v) is 0. The van der Waals surface area contributed by atoms with Crippen molar-refractivity contribution in [2.75, 3.05) is 71.4 Å². The lowest BCUT2D eigenvalue weighted by atomic mass is 10.7. The molecule has 0 saturated carbocycles. The van der Waals surface area contributed by atoms with Crippen molar-refractivity contribution in [1.29, 1.82) is 0 Å². The van der Waals surface area contributed by atoms with E-state index in [1.54, 1.807) is 42.5 Å². The lowest BCUT2D eigenvalue weighted by molar-refractivity contribution is -0.134. The standard InChI is InChI=1S/C4H9NO.C2H7N.C2H4O2.2C2H6O.3CH3I.2CH3/c1-4(6)5(2)3;1-3-2;1-2(3)4;2*1-3-2;3*1-2;;/h1-3H3;3H,1-2H3;1H3,(H,3,4);2*1-2H3;3*1H3;2*1H3/q;;;;;;;;2*-1. The summed E-state index contributed by atoms with van der Waals surface area (Å²) in [5, 5.41) is 10.2. The zero-order chi connectivity index (χ0) is 22.9. The monoisotopic (exact) mass is 740 g/mol. The normalized spacial score (nSPS) is 5.33. The quantitative estimate of drug-likeness (QED) is 0.215. The predicted molar refractivity (Wildman–Crippen MR) is 151 cm³/mol. The van der Waals surface area contributed by atoms with Crippen molar-refractivity contribution in [1.82, 2.24) is 10.2 Å². The second-order valence-electron chi connectivity index (χ2n) is 3.25. The van der Waals surface area contributed by atoms with Crippen molar-refractivity contribution in [3.8, 4) is 0 Å². The van der Waals surface area contributed by atoms with Gasteiger partial charge >= 0.3 is 0 Å². The Morgan fingerprint density at radius 1 is 0.778 bits per heavy atom. The average molecular weight is 740 g/mol. The van der Waals surface area contributed by atoms with Crippen molar-refractivity contribution in [2.45, 2.75) is 13.8 Å². The first-order chi connectivity index (χ1) is 11.6. The Bertz CT molecular complexity index is 172. The van der Waals surface area contributed by atoms with Gasteiger partial charge in [0.15, 0.2) is 0 Å². The number of nitrogens with one attached hydrogen (secondary N) is 1. The molecule has 0 spiro atoms. The zero-order valence-corrected chi connectivity index (χ0v) is 26.6. The summed E-state index contributed by atoms with van der Waals surface area (Å²) >= 11 is 6.45. The Morgan fingerprint density at radius 2 is 0.815 bits per heavy atom. The number of methoxy groups -OCH3 is 2. The lowest BCUT2D eigenvalue weighted by Gasteiger charge is -2.02. The topological polar surface area (TPSA) is 88.1 Å². The molecule has 0 heterocycles. The Kier molecular flexibility index (Phi) is 252. The molecule has 0 radical (unpaired) electrons. The van der Waals surface area contributed by atoms with Gasteiger partial charge in [-0.05, 0) is 28.9 Å². The average Bonchev–Trinajstić information content (AvgIpc) is 2.55. The SMILES string of the molecule is CC(=O)N(C)C.CC(=O)O.CI.CI.CI.CNC.COC.COC.[CH3-].[CH3-]. The summed E-state index contributed by atoms with van der Waals surface area (Å²) in [5.41, 5.74) is 0. The highest BCUT2D eigenvalue weighted by molar-refractivity contribution is 14.1. The first-order valence-electron chi connectivity index (χ1n) is 6.52. The molecule has 1 amide bonds. The van der Waals surface area contributed by atoms with E-state index in [2.05, 4.69) is 82.6 Å². The molecule has 0 atom stereocenters. The highest BCUT2D eigenvalue weighted by Gasteiger charge is 1.87. The second kappa shape index (κ2) is 108. The van der Waals surface area contributed by atoms with Crippen LogP contribution in [-0.4, -0.2) is 93.3 Å². The zero-order valence-electron chi connectivity index (χ0n) is 20.2. The van der Waals surface area contributed by atoms with Gasteiger partial charge in [-0.2, -0.15) is 0 Å². The van der Waals surface area contributed by atoms with Gasteiger partial charge in [0.25, 0.3) is 5.97 Å².